The van der Waals surface area contributed by atoms with Crippen molar-refractivity contribution in [1.82, 2.24) is 9.97 Å². The van der Waals surface area contributed by atoms with Crippen molar-refractivity contribution in [2.75, 3.05) is 6.61 Å². The summed E-state index contributed by atoms with van der Waals surface area (Å²) in [5.74, 6) is 1.64. The van der Waals surface area contributed by atoms with Crippen LogP contribution in [-0.2, 0) is 5.75 Å². The topological polar surface area (TPSA) is 81.0 Å². The first-order chi connectivity index (χ1) is 12.6. The largest absolute Gasteiger partial charge is 0.493 e. The highest BCUT2D eigenvalue weighted by Crippen LogP contribution is 2.31. The number of nitrogens with one attached hydrogen (secondary N) is 1. The number of nitrogens with two attached hydrogens (primary N) is 1. The van der Waals surface area contributed by atoms with Gasteiger partial charge in [0.2, 0.25) is 0 Å². The molecule has 8 heteroatoms. The molecule has 1 heterocycles. The number of fused-ring (bicyclic) bond motifs is 1. The maximum absolute atomic E-state index is 14.3. The van der Waals surface area contributed by atoms with Gasteiger partial charge < -0.3 is 15.5 Å². The molecule has 4 rings (SSSR count). The lowest BCUT2D eigenvalue weighted by atomic mass is 9.96. The van der Waals surface area contributed by atoms with Crippen molar-refractivity contribution in [3.05, 3.63) is 34.1 Å². The Hall–Kier alpha value is -1.31. The van der Waals surface area contributed by atoms with Crippen molar-refractivity contribution < 1.29 is 9.13 Å². The third kappa shape index (κ3) is 5.15. The lowest BCUT2D eigenvalue weighted by Gasteiger charge is -2.25. The Morgan fingerprint density at radius 3 is 2.67 bits per heavy atom. The summed E-state index contributed by atoms with van der Waals surface area (Å²) >= 11 is 1.79. The van der Waals surface area contributed by atoms with E-state index in [1.54, 1.807) is 17.8 Å². The summed E-state index contributed by atoms with van der Waals surface area (Å²) in [7, 11) is 0. The van der Waals surface area contributed by atoms with E-state index >= 15 is 0 Å². The minimum Gasteiger partial charge on any atom is -0.493 e. The highest BCUT2D eigenvalue weighted by Gasteiger charge is 2.23. The van der Waals surface area contributed by atoms with Crippen LogP contribution in [0.1, 0.15) is 44.3 Å². The summed E-state index contributed by atoms with van der Waals surface area (Å²) in [5, 5.41) is 0.543. The molecule has 1 aromatic carbocycles. The van der Waals surface area contributed by atoms with Gasteiger partial charge in [-0.25, -0.2) is 9.37 Å². The van der Waals surface area contributed by atoms with Crippen molar-refractivity contribution in [2.45, 2.75) is 55.6 Å². The molecule has 0 aliphatic heterocycles. The fraction of sp³-hybridized carbons (Fsp3) is 0.579. The molecule has 2 aromatic rings. The van der Waals surface area contributed by atoms with Gasteiger partial charge in [0.15, 0.2) is 0 Å². The quantitative estimate of drug-likeness (QED) is 0.753. The molecule has 2 fully saturated rings. The predicted octanol–water partition coefficient (Wildman–Crippen LogP) is 3.78. The molecule has 3 N–H and O–H groups in total. The summed E-state index contributed by atoms with van der Waals surface area (Å²) in [6.45, 7) is 0.598. The zero-order chi connectivity index (χ0) is 18.1. The van der Waals surface area contributed by atoms with E-state index in [9.17, 15) is 9.18 Å². The Balaban J connectivity index is 0.00000210. The van der Waals surface area contributed by atoms with E-state index in [-0.39, 0.29) is 17.8 Å². The smallest absolute Gasteiger partial charge is 0.261 e. The molecule has 0 bridgehead atoms. The standard InChI is InChI=1S/C19H24FN3O2S.ClH/c20-15-7-13(25-9-11-1-2-11)8-16-18(15)19(24)23-17(22-16)10-26-14-5-3-12(21)4-6-14;/h7-8,11-12,14H,1-6,9-10,21H2,(H,22,23,24);1H. The summed E-state index contributed by atoms with van der Waals surface area (Å²) < 4.78 is 20.0. The fourth-order valence-electron chi connectivity index (χ4n) is 3.35. The van der Waals surface area contributed by atoms with Crippen LogP contribution in [0.3, 0.4) is 0 Å². The van der Waals surface area contributed by atoms with Gasteiger partial charge in [-0.15, -0.1) is 12.4 Å². The van der Waals surface area contributed by atoms with E-state index in [1.165, 1.54) is 18.9 Å². The number of ether oxygens (including phenoxy) is 1. The van der Waals surface area contributed by atoms with Crippen LogP contribution < -0.4 is 16.0 Å². The van der Waals surface area contributed by atoms with Crippen LogP contribution >= 0.6 is 24.2 Å². The third-order valence-corrected chi connectivity index (χ3v) is 6.52. The Bertz CT molecular complexity index is 851. The zero-order valence-electron chi connectivity index (χ0n) is 15.1. The number of thioether (sulfide) groups is 1. The van der Waals surface area contributed by atoms with Crippen LogP contribution in [-0.4, -0.2) is 27.9 Å². The van der Waals surface area contributed by atoms with Crippen molar-refractivity contribution in [1.29, 1.82) is 0 Å². The molecule has 27 heavy (non-hydrogen) atoms. The molecule has 0 radical (unpaired) electrons. The Morgan fingerprint density at radius 2 is 1.96 bits per heavy atom. The molecule has 2 saturated carbocycles. The highest BCUT2D eigenvalue weighted by molar-refractivity contribution is 7.99. The van der Waals surface area contributed by atoms with Crippen LogP contribution in [0, 0.1) is 11.7 Å². The number of benzene rings is 1. The van der Waals surface area contributed by atoms with Crippen molar-refractivity contribution in [3.8, 4) is 5.75 Å². The molecule has 2 aliphatic rings. The zero-order valence-corrected chi connectivity index (χ0v) is 16.7. The van der Waals surface area contributed by atoms with Crippen LogP contribution in [0.4, 0.5) is 4.39 Å². The number of halogens is 2. The number of aromatic nitrogens is 2. The van der Waals surface area contributed by atoms with Gasteiger partial charge >= 0.3 is 0 Å². The van der Waals surface area contributed by atoms with E-state index in [2.05, 4.69) is 9.97 Å². The van der Waals surface area contributed by atoms with Gasteiger partial charge in [0.05, 0.1) is 17.9 Å². The van der Waals surface area contributed by atoms with Gasteiger partial charge in [0, 0.05) is 23.4 Å². The molecule has 5 nitrogen and oxygen atoms in total. The minimum absolute atomic E-state index is 0. The number of hydrogen-bond acceptors (Lipinski definition) is 5. The molecule has 0 unspecified atom stereocenters. The lowest BCUT2D eigenvalue weighted by Crippen LogP contribution is -2.27. The number of rotatable bonds is 6. The van der Waals surface area contributed by atoms with Crippen LogP contribution in [0.5, 0.6) is 5.75 Å². The summed E-state index contributed by atoms with van der Waals surface area (Å²) in [5.41, 5.74) is 5.88. The Kier molecular flexibility index (Phi) is 6.65. The predicted molar refractivity (Wildman–Crippen MR) is 109 cm³/mol. The van der Waals surface area contributed by atoms with E-state index in [1.807, 2.05) is 0 Å². The average molecular weight is 414 g/mol. The molecule has 0 atom stereocenters. The Morgan fingerprint density at radius 1 is 1.22 bits per heavy atom. The highest BCUT2D eigenvalue weighted by atomic mass is 35.5. The fourth-order valence-corrected chi connectivity index (χ4v) is 4.49. The van der Waals surface area contributed by atoms with E-state index in [4.69, 9.17) is 10.5 Å². The molecular weight excluding hydrogens is 389 g/mol. The van der Waals surface area contributed by atoms with Crippen molar-refractivity contribution in [3.63, 3.8) is 0 Å². The molecule has 0 amide bonds. The lowest BCUT2D eigenvalue weighted by molar-refractivity contribution is 0.299. The normalized spacial score (nSPS) is 22.4. The molecule has 0 spiro atoms. The van der Waals surface area contributed by atoms with Crippen LogP contribution in [0.2, 0.25) is 0 Å². The van der Waals surface area contributed by atoms with E-state index in [0.717, 1.165) is 25.7 Å². The molecule has 0 saturated heterocycles. The first-order valence-electron chi connectivity index (χ1n) is 9.31. The SMILES string of the molecule is Cl.NC1CCC(SCc2nc3cc(OCC4CC4)cc(F)c3c(=O)[nH]2)CC1. The molecule has 2 aliphatic carbocycles. The summed E-state index contributed by atoms with van der Waals surface area (Å²) in [6.07, 6.45) is 6.62. The summed E-state index contributed by atoms with van der Waals surface area (Å²) in [4.78, 5) is 19.5. The first-order valence-corrected chi connectivity index (χ1v) is 10.4. The van der Waals surface area contributed by atoms with Crippen molar-refractivity contribution >= 4 is 35.1 Å². The first kappa shape index (κ1) is 20.4. The molecule has 148 valence electrons. The van der Waals surface area contributed by atoms with E-state index in [0.29, 0.717) is 46.7 Å². The average Bonchev–Trinajstić information content (AvgIpc) is 3.43. The second kappa shape index (κ2) is 8.80. The number of H-pyrrole nitrogens is 1. The number of hydrogen-bond donors (Lipinski definition) is 2. The third-order valence-electron chi connectivity index (χ3n) is 5.14. The molecule has 1 aromatic heterocycles. The van der Waals surface area contributed by atoms with Crippen LogP contribution in [0.15, 0.2) is 16.9 Å². The summed E-state index contributed by atoms with van der Waals surface area (Å²) in [6, 6.07) is 3.27. The maximum atomic E-state index is 14.3. The van der Waals surface area contributed by atoms with Crippen LogP contribution in [0.25, 0.3) is 10.9 Å². The van der Waals surface area contributed by atoms with Gasteiger partial charge in [-0.2, -0.15) is 11.8 Å². The minimum atomic E-state index is -0.581. The number of nitrogens with zero attached hydrogens (tertiary/aromatic N) is 1. The molecular formula is C19H25ClFN3O2S. The second-order valence-corrected chi connectivity index (χ2v) is 8.70. The Labute approximate surface area is 168 Å². The van der Waals surface area contributed by atoms with Gasteiger partial charge in [-0.05, 0) is 44.4 Å². The van der Waals surface area contributed by atoms with Crippen molar-refractivity contribution in [2.24, 2.45) is 11.7 Å². The monoisotopic (exact) mass is 413 g/mol. The van der Waals surface area contributed by atoms with E-state index < -0.39 is 11.4 Å². The van der Waals surface area contributed by atoms with Gasteiger partial charge in [0.1, 0.15) is 22.8 Å². The number of aromatic amines is 1. The second-order valence-electron chi connectivity index (χ2n) is 7.41. The van der Waals surface area contributed by atoms with Gasteiger partial charge in [-0.1, -0.05) is 0 Å². The van der Waals surface area contributed by atoms with Gasteiger partial charge in [-0.3, -0.25) is 4.79 Å². The maximum Gasteiger partial charge on any atom is 0.261 e. The van der Waals surface area contributed by atoms with Gasteiger partial charge in [0.25, 0.3) is 5.56 Å².